The number of rotatable bonds is 8. The van der Waals surface area contributed by atoms with Crippen LogP contribution in [0.3, 0.4) is 0 Å². The highest BCUT2D eigenvalue weighted by atomic mass is 19.4. The third-order valence-electron chi connectivity index (χ3n) is 4.52. The molecule has 0 spiro atoms. The first kappa shape index (κ1) is 21.5. The molecule has 0 amide bonds. The number of nitrogens with one attached hydrogen (secondary N) is 2. The number of hydrogen-bond donors (Lipinski definition) is 2. The summed E-state index contributed by atoms with van der Waals surface area (Å²) in [7, 11) is 0. The molecule has 0 aromatic heterocycles. The second-order valence-electron chi connectivity index (χ2n) is 6.68. The zero-order valence-corrected chi connectivity index (χ0v) is 15.7. The topological polar surface area (TPSA) is 39.7 Å². The Hall–Kier alpha value is -1.83. The van der Waals surface area contributed by atoms with E-state index in [2.05, 4.69) is 20.5 Å². The average molecular weight is 388 g/mol. The molecule has 4 nitrogen and oxygen atoms in total. The molecule has 1 saturated heterocycles. The monoisotopic (exact) mass is 388 g/mol. The normalized spacial score (nSPS) is 16.0. The van der Waals surface area contributed by atoms with Crippen LogP contribution < -0.4 is 10.6 Å². The van der Waals surface area contributed by atoms with Crippen molar-refractivity contribution in [3.63, 3.8) is 0 Å². The van der Waals surface area contributed by atoms with Gasteiger partial charge >= 0.3 is 6.18 Å². The number of halogens is 4. The lowest BCUT2D eigenvalue weighted by molar-refractivity contribution is -0.138. The predicted molar refractivity (Wildman–Crippen MR) is 99.1 cm³/mol. The summed E-state index contributed by atoms with van der Waals surface area (Å²) < 4.78 is 52.4. The Kier molecular flexibility index (Phi) is 8.34. The van der Waals surface area contributed by atoms with Crippen LogP contribution in [0.15, 0.2) is 23.2 Å². The number of guanidine groups is 1. The van der Waals surface area contributed by atoms with Gasteiger partial charge in [-0.3, -0.25) is 0 Å². The zero-order chi connectivity index (χ0) is 19.7. The van der Waals surface area contributed by atoms with Crippen molar-refractivity contribution in [3.8, 4) is 0 Å². The van der Waals surface area contributed by atoms with Gasteiger partial charge in [-0.2, -0.15) is 13.2 Å². The van der Waals surface area contributed by atoms with Crippen molar-refractivity contribution in [3.05, 3.63) is 35.1 Å². The summed E-state index contributed by atoms with van der Waals surface area (Å²) in [5, 5.41) is 6.18. The van der Waals surface area contributed by atoms with Crippen molar-refractivity contribution < 1.29 is 17.6 Å². The second-order valence-corrected chi connectivity index (χ2v) is 6.68. The summed E-state index contributed by atoms with van der Waals surface area (Å²) in [6, 6.07) is 2.68. The lowest BCUT2D eigenvalue weighted by Crippen LogP contribution is -2.38. The highest BCUT2D eigenvalue weighted by molar-refractivity contribution is 5.79. The third-order valence-corrected chi connectivity index (χ3v) is 4.52. The standard InChI is InChI=1S/C19H28F4N4/c1-2-24-18(25-9-3-4-10-27-11-5-6-12-27)26-14-15-7-8-16(20)13-17(15)19(21,22)23/h7-8,13H,2-6,9-12,14H2,1H3,(H2,24,25,26). The van der Waals surface area contributed by atoms with Crippen molar-refractivity contribution in [1.82, 2.24) is 15.5 Å². The van der Waals surface area contributed by atoms with Crippen LogP contribution in [0.4, 0.5) is 17.6 Å². The van der Waals surface area contributed by atoms with Gasteiger partial charge in [0.05, 0.1) is 12.1 Å². The molecule has 0 radical (unpaired) electrons. The van der Waals surface area contributed by atoms with E-state index in [0.717, 1.165) is 31.5 Å². The van der Waals surface area contributed by atoms with Gasteiger partial charge in [-0.25, -0.2) is 9.38 Å². The number of nitrogens with zero attached hydrogens (tertiary/aromatic N) is 2. The first-order valence-corrected chi connectivity index (χ1v) is 9.50. The van der Waals surface area contributed by atoms with E-state index in [4.69, 9.17) is 0 Å². The van der Waals surface area contributed by atoms with Crippen molar-refractivity contribution in [2.24, 2.45) is 4.99 Å². The molecular weight excluding hydrogens is 360 g/mol. The molecule has 1 aromatic rings. The van der Waals surface area contributed by atoms with Gasteiger partial charge in [0.2, 0.25) is 0 Å². The Bertz CT molecular complexity index is 610. The Morgan fingerprint density at radius 3 is 2.56 bits per heavy atom. The Morgan fingerprint density at radius 2 is 1.89 bits per heavy atom. The quantitative estimate of drug-likeness (QED) is 0.308. The molecule has 2 N–H and O–H groups in total. The summed E-state index contributed by atoms with van der Waals surface area (Å²) in [4.78, 5) is 6.68. The van der Waals surface area contributed by atoms with E-state index in [0.29, 0.717) is 25.1 Å². The van der Waals surface area contributed by atoms with E-state index in [1.807, 2.05) is 6.92 Å². The molecule has 0 aliphatic carbocycles. The molecule has 152 valence electrons. The first-order valence-electron chi connectivity index (χ1n) is 9.50. The number of unbranched alkanes of at least 4 members (excludes halogenated alkanes) is 1. The first-order chi connectivity index (χ1) is 12.9. The average Bonchev–Trinajstić information content (AvgIpc) is 3.12. The third kappa shape index (κ3) is 7.36. The molecule has 27 heavy (non-hydrogen) atoms. The number of aliphatic imine (C=N–C) groups is 1. The van der Waals surface area contributed by atoms with Gasteiger partial charge < -0.3 is 15.5 Å². The van der Waals surface area contributed by atoms with Gasteiger partial charge in [0, 0.05) is 13.1 Å². The molecule has 1 aliphatic heterocycles. The Morgan fingerprint density at radius 1 is 1.15 bits per heavy atom. The summed E-state index contributed by atoms with van der Waals surface area (Å²) in [5.74, 6) is -0.436. The lowest BCUT2D eigenvalue weighted by atomic mass is 10.1. The van der Waals surface area contributed by atoms with Crippen LogP contribution in [0.5, 0.6) is 0 Å². The minimum absolute atomic E-state index is 0.0462. The van der Waals surface area contributed by atoms with Crippen LogP contribution in [0.25, 0.3) is 0 Å². The number of alkyl halides is 3. The van der Waals surface area contributed by atoms with Crippen LogP contribution in [0.2, 0.25) is 0 Å². The molecule has 0 unspecified atom stereocenters. The van der Waals surface area contributed by atoms with Crippen LogP contribution in [0, 0.1) is 5.82 Å². The maximum absolute atomic E-state index is 13.2. The molecule has 1 heterocycles. The fourth-order valence-electron chi connectivity index (χ4n) is 3.13. The molecule has 1 fully saturated rings. The van der Waals surface area contributed by atoms with Crippen LogP contribution >= 0.6 is 0 Å². The predicted octanol–water partition coefficient (Wildman–Crippen LogP) is 3.78. The largest absolute Gasteiger partial charge is 0.416 e. The van der Waals surface area contributed by atoms with Crippen molar-refractivity contribution in [1.29, 1.82) is 0 Å². The Labute approximate surface area is 158 Å². The van der Waals surface area contributed by atoms with Crippen molar-refractivity contribution in [2.75, 3.05) is 32.7 Å². The van der Waals surface area contributed by atoms with Crippen LogP contribution in [-0.4, -0.2) is 43.6 Å². The molecule has 1 aliphatic rings. The van der Waals surface area contributed by atoms with Gasteiger partial charge in [0.1, 0.15) is 5.82 Å². The molecule has 2 rings (SSSR count). The molecular formula is C19H28F4N4. The summed E-state index contributed by atoms with van der Waals surface area (Å²) in [6.07, 6.45) is -0.0142. The van der Waals surface area contributed by atoms with Crippen molar-refractivity contribution >= 4 is 5.96 Å². The molecule has 1 aromatic carbocycles. The number of hydrogen-bond acceptors (Lipinski definition) is 2. The minimum atomic E-state index is -4.60. The highest BCUT2D eigenvalue weighted by Gasteiger charge is 2.33. The van der Waals surface area contributed by atoms with Gasteiger partial charge in [-0.1, -0.05) is 6.07 Å². The van der Waals surface area contributed by atoms with E-state index in [1.54, 1.807) is 0 Å². The van der Waals surface area contributed by atoms with Crippen LogP contribution in [-0.2, 0) is 12.7 Å². The fourth-order valence-corrected chi connectivity index (χ4v) is 3.13. The maximum atomic E-state index is 13.2. The van der Waals surface area contributed by atoms with E-state index in [-0.39, 0.29) is 12.1 Å². The summed E-state index contributed by atoms with van der Waals surface area (Å²) >= 11 is 0. The molecule has 0 atom stereocenters. The number of likely N-dealkylation sites (tertiary alicyclic amines) is 1. The maximum Gasteiger partial charge on any atom is 0.416 e. The molecule has 0 saturated carbocycles. The smallest absolute Gasteiger partial charge is 0.357 e. The van der Waals surface area contributed by atoms with Crippen molar-refractivity contribution in [2.45, 2.75) is 45.3 Å². The minimum Gasteiger partial charge on any atom is -0.357 e. The lowest BCUT2D eigenvalue weighted by Gasteiger charge is -2.15. The van der Waals surface area contributed by atoms with E-state index in [9.17, 15) is 17.6 Å². The van der Waals surface area contributed by atoms with Gasteiger partial charge in [-0.05, 0) is 69.9 Å². The van der Waals surface area contributed by atoms with E-state index >= 15 is 0 Å². The summed E-state index contributed by atoms with van der Waals surface area (Å²) in [6.45, 7) is 6.47. The van der Waals surface area contributed by atoms with Gasteiger partial charge in [0.15, 0.2) is 5.96 Å². The highest BCUT2D eigenvalue weighted by Crippen LogP contribution is 2.32. The van der Waals surface area contributed by atoms with Gasteiger partial charge in [0.25, 0.3) is 0 Å². The zero-order valence-electron chi connectivity index (χ0n) is 15.7. The molecule has 0 bridgehead atoms. The molecule has 8 heteroatoms. The van der Waals surface area contributed by atoms with E-state index in [1.165, 1.54) is 25.9 Å². The van der Waals surface area contributed by atoms with Gasteiger partial charge in [-0.15, -0.1) is 0 Å². The van der Waals surface area contributed by atoms with E-state index < -0.39 is 17.6 Å². The Balaban J connectivity index is 1.87. The fraction of sp³-hybridized carbons (Fsp3) is 0.632. The summed E-state index contributed by atoms with van der Waals surface area (Å²) in [5.41, 5.74) is -1.03. The SMILES string of the molecule is CCNC(=NCc1ccc(F)cc1C(F)(F)F)NCCCCN1CCCC1. The second kappa shape index (κ2) is 10.5. The number of benzene rings is 1. The van der Waals surface area contributed by atoms with Crippen LogP contribution in [0.1, 0.15) is 43.7 Å².